The Kier molecular flexibility index (Phi) is 3.35. The van der Waals surface area contributed by atoms with Crippen LogP contribution in [0.2, 0.25) is 0 Å². The van der Waals surface area contributed by atoms with Crippen molar-refractivity contribution in [3.8, 4) is 11.5 Å². The third-order valence-corrected chi connectivity index (χ3v) is 3.90. The lowest BCUT2D eigenvalue weighted by atomic mass is 9.92. The zero-order chi connectivity index (χ0) is 12.6. The van der Waals surface area contributed by atoms with Crippen molar-refractivity contribution in [3.05, 3.63) is 20.2 Å². The number of hydrogen-bond acceptors (Lipinski definition) is 5. The second kappa shape index (κ2) is 4.49. The maximum Gasteiger partial charge on any atom is 0.181 e. The fraction of sp³-hybridized carbons (Fsp3) is 0.364. The fourth-order valence-electron chi connectivity index (χ4n) is 1.40. The minimum Gasteiger partial charge on any atom is -0.383 e. The summed E-state index contributed by atoms with van der Waals surface area (Å²) in [7, 11) is 0. The molecule has 2 rings (SSSR count). The van der Waals surface area contributed by atoms with E-state index in [4.69, 9.17) is 5.73 Å². The number of rotatable bonds is 1. The highest BCUT2D eigenvalue weighted by molar-refractivity contribution is 14.1. The predicted molar refractivity (Wildman–Crippen MR) is 79.0 cm³/mol. The number of nitrogens with two attached hydrogens (primary N) is 1. The molecule has 0 amide bonds. The largest absolute Gasteiger partial charge is 0.383 e. The standard InChI is InChI=1S/C11H13IN4S/c1-11(2,3)8-7(12)9(13)16-10(15-8)6-4-17-5-14-6/h4-5H,1-3H3,(H2,13,15,16). The Balaban J connectivity index is 2.62. The molecule has 2 aromatic heterocycles. The van der Waals surface area contributed by atoms with Gasteiger partial charge in [0, 0.05) is 10.8 Å². The van der Waals surface area contributed by atoms with Crippen molar-refractivity contribution < 1.29 is 0 Å². The molecule has 0 fully saturated rings. The fourth-order valence-corrected chi connectivity index (χ4v) is 2.98. The molecule has 0 atom stereocenters. The molecule has 0 aliphatic carbocycles. The topological polar surface area (TPSA) is 64.7 Å². The molecular formula is C11H13IN4S. The van der Waals surface area contributed by atoms with E-state index in [1.165, 1.54) is 11.3 Å². The molecule has 90 valence electrons. The minimum atomic E-state index is -0.0572. The van der Waals surface area contributed by atoms with Gasteiger partial charge in [-0.3, -0.25) is 0 Å². The highest BCUT2D eigenvalue weighted by Crippen LogP contribution is 2.30. The molecule has 0 aromatic carbocycles. The Morgan fingerprint density at radius 1 is 1.29 bits per heavy atom. The van der Waals surface area contributed by atoms with E-state index < -0.39 is 0 Å². The van der Waals surface area contributed by atoms with Gasteiger partial charge in [0.05, 0.1) is 14.8 Å². The molecule has 0 saturated carbocycles. The van der Waals surface area contributed by atoms with Crippen molar-refractivity contribution in [1.82, 2.24) is 15.0 Å². The highest BCUT2D eigenvalue weighted by atomic mass is 127. The second-order valence-electron chi connectivity index (χ2n) is 4.72. The number of anilines is 1. The molecule has 0 aliphatic rings. The zero-order valence-electron chi connectivity index (χ0n) is 9.86. The van der Waals surface area contributed by atoms with Crippen LogP contribution in [0.4, 0.5) is 5.82 Å². The van der Waals surface area contributed by atoms with Crippen LogP contribution in [0.3, 0.4) is 0 Å². The Bertz CT molecular complexity index is 531. The average Bonchev–Trinajstić information content (AvgIpc) is 2.73. The van der Waals surface area contributed by atoms with Gasteiger partial charge in [0.1, 0.15) is 11.5 Å². The summed E-state index contributed by atoms with van der Waals surface area (Å²) in [6.07, 6.45) is 0. The molecule has 6 heteroatoms. The minimum absolute atomic E-state index is 0.0572. The molecule has 2 aromatic rings. The molecule has 0 unspecified atom stereocenters. The maximum absolute atomic E-state index is 5.94. The molecular weight excluding hydrogens is 347 g/mol. The molecule has 2 N–H and O–H groups in total. The van der Waals surface area contributed by atoms with E-state index in [0.717, 1.165) is 15.0 Å². The van der Waals surface area contributed by atoms with Crippen molar-refractivity contribution in [1.29, 1.82) is 0 Å². The van der Waals surface area contributed by atoms with Gasteiger partial charge in [-0.15, -0.1) is 11.3 Å². The lowest BCUT2D eigenvalue weighted by Crippen LogP contribution is -2.18. The number of nitrogen functional groups attached to an aromatic ring is 1. The molecule has 17 heavy (non-hydrogen) atoms. The molecule has 0 bridgehead atoms. The summed E-state index contributed by atoms with van der Waals surface area (Å²) < 4.78 is 0.925. The molecule has 0 aliphatic heterocycles. The first-order valence-corrected chi connectivity index (χ1v) is 7.14. The molecule has 2 heterocycles. The third-order valence-electron chi connectivity index (χ3n) is 2.25. The monoisotopic (exact) mass is 360 g/mol. The van der Waals surface area contributed by atoms with Crippen LogP contribution in [0.25, 0.3) is 11.5 Å². The molecule has 0 saturated heterocycles. The number of aromatic nitrogens is 3. The number of halogens is 1. The number of nitrogens with zero attached hydrogens (tertiary/aromatic N) is 3. The van der Waals surface area contributed by atoms with E-state index >= 15 is 0 Å². The maximum atomic E-state index is 5.94. The summed E-state index contributed by atoms with van der Waals surface area (Å²) in [6, 6.07) is 0. The van der Waals surface area contributed by atoms with Crippen molar-refractivity contribution in [2.45, 2.75) is 26.2 Å². The van der Waals surface area contributed by atoms with Crippen LogP contribution in [0.15, 0.2) is 10.9 Å². The van der Waals surface area contributed by atoms with E-state index in [0.29, 0.717) is 11.6 Å². The Morgan fingerprint density at radius 3 is 2.53 bits per heavy atom. The summed E-state index contributed by atoms with van der Waals surface area (Å²) >= 11 is 3.72. The van der Waals surface area contributed by atoms with Crippen LogP contribution in [0.5, 0.6) is 0 Å². The Morgan fingerprint density at radius 2 is 2.00 bits per heavy atom. The van der Waals surface area contributed by atoms with Gasteiger partial charge in [-0.2, -0.15) is 0 Å². The van der Waals surface area contributed by atoms with Gasteiger partial charge in [0.15, 0.2) is 5.82 Å². The first-order chi connectivity index (χ1) is 7.89. The lowest BCUT2D eigenvalue weighted by molar-refractivity contribution is 0.564. The SMILES string of the molecule is CC(C)(C)c1nc(-c2cscn2)nc(N)c1I. The van der Waals surface area contributed by atoms with Crippen LogP contribution >= 0.6 is 33.9 Å². The second-order valence-corrected chi connectivity index (χ2v) is 6.52. The van der Waals surface area contributed by atoms with E-state index in [-0.39, 0.29) is 5.41 Å². The van der Waals surface area contributed by atoms with E-state index in [1.807, 2.05) is 5.38 Å². The van der Waals surface area contributed by atoms with Gasteiger partial charge < -0.3 is 5.73 Å². The summed E-state index contributed by atoms with van der Waals surface area (Å²) in [5.74, 6) is 1.13. The number of hydrogen-bond donors (Lipinski definition) is 1. The van der Waals surface area contributed by atoms with Crippen molar-refractivity contribution in [3.63, 3.8) is 0 Å². The van der Waals surface area contributed by atoms with Crippen molar-refractivity contribution in [2.24, 2.45) is 0 Å². The van der Waals surface area contributed by atoms with E-state index in [9.17, 15) is 0 Å². The van der Waals surface area contributed by atoms with Gasteiger partial charge >= 0.3 is 0 Å². The zero-order valence-corrected chi connectivity index (χ0v) is 12.8. The van der Waals surface area contributed by atoms with Crippen LogP contribution in [0.1, 0.15) is 26.5 Å². The smallest absolute Gasteiger partial charge is 0.181 e. The van der Waals surface area contributed by atoms with Crippen LogP contribution < -0.4 is 5.73 Å². The molecule has 4 nitrogen and oxygen atoms in total. The quantitative estimate of drug-likeness (QED) is 0.794. The van der Waals surface area contributed by atoms with Gasteiger partial charge in [-0.05, 0) is 22.6 Å². The van der Waals surface area contributed by atoms with Gasteiger partial charge in [0.25, 0.3) is 0 Å². The third kappa shape index (κ3) is 2.57. The normalized spacial score (nSPS) is 11.8. The first-order valence-electron chi connectivity index (χ1n) is 5.11. The van der Waals surface area contributed by atoms with Crippen LogP contribution in [-0.2, 0) is 5.41 Å². The highest BCUT2D eigenvalue weighted by Gasteiger charge is 2.22. The van der Waals surface area contributed by atoms with E-state index in [2.05, 4.69) is 58.3 Å². The average molecular weight is 360 g/mol. The van der Waals surface area contributed by atoms with E-state index in [1.54, 1.807) is 5.51 Å². The molecule has 0 radical (unpaired) electrons. The summed E-state index contributed by atoms with van der Waals surface area (Å²) in [5.41, 5.74) is 9.40. The van der Waals surface area contributed by atoms with Gasteiger partial charge in [0.2, 0.25) is 0 Å². The van der Waals surface area contributed by atoms with Crippen molar-refractivity contribution in [2.75, 3.05) is 5.73 Å². The molecule has 0 spiro atoms. The summed E-state index contributed by atoms with van der Waals surface area (Å²) in [5, 5.41) is 1.92. The first kappa shape index (κ1) is 12.7. The summed E-state index contributed by atoms with van der Waals surface area (Å²) in [6.45, 7) is 6.34. The van der Waals surface area contributed by atoms with Gasteiger partial charge in [-0.1, -0.05) is 20.8 Å². The Labute approximate surface area is 118 Å². The van der Waals surface area contributed by atoms with Crippen LogP contribution in [-0.4, -0.2) is 15.0 Å². The Hall–Kier alpha value is -0.760. The lowest BCUT2D eigenvalue weighted by Gasteiger charge is -2.20. The van der Waals surface area contributed by atoms with Crippen LogP contribution in [0, 0.1) is 3.57 Å². The predicted octanol–water partition coefficient (Wildman–Crippen LogP) is 3.08. The van der Waals surface area contributed by atoms with Gasteiger partial charge in [-0.25, -0.2) is 15.0 Å². The number of thiazole rings is 1. The summed E-state index contributed by atoms with van der Waals surface area (Å²) in [4.78, 5) is 13.1. The van der Waals surface area contributed by atoms with Crippen molar-refractivity contribution >= 4 is 39.7 Å².